The first-order chi connectivity index (χ1) is 9.07. The standard InChI is InChI=1S/C15H22N2O2/c16-12-9-17(10-12)13-4-6-15(19,7-5-13)11-2-1-3-14(18)8-11/h1-3,8,12-13,18-19H,4-7,9-10,16H2. The molecule has 4 heteroatoms. The molecule has 1 aromatic carbocycles. The number of benzene rings is 1. The first kappa shape index (κ1) is 12.9. The molecule has 104 valence electrons. The minimum absolute atomic E-state index is 0.224. The lowest BCUT2D eigenvalue weighted by atomic mass is 9.76. The zero-order chi connectivity index (χ0) is 13.5. The third-order valence-corrected chi connectivity index (χ3v) is 4.62. The summed E-state index contributed by atoms with van der Waals surface area (Å²) in [6.45, 7) is 1.99. The molecular formula is C15H22N2O2. The fourth-order valence-corrected chi connectivity index (χ4v) is 3.38. The third-order valence-electron chi connectivity index (χ3n) is 4.62. The van der Waals surface area contributed by atoms with Gasteiger partial charge in [-0.05, 0) is 43.4 Å². The zero-order valence-corrected chi connectivity index (χ0v) is 11.1. The van der Waals surface area contributed by atoms with E-state index in [1.807, 2.05) is 6.07 Å². The Balaban J connectivity index is 1.65. The molecule has 19 heavy (non-hydrogen) atoms. The zero-order valence-electron chi connectivity index (χ0n) is 11.1. The van der Waals surface area contributed by atoms with Gasteiger partial charge in [-0.25, -0.2) is 0 Å². The van der Waals surface area contributed by atoms with Crippen LogP contribution in [0.2, 0.25) is 0 Å². The smallest absolute Gasteiger partial charge is 0.115 e. The molecule has 0 amide bonds. The SMILES string of the molecule is NC1CN(C2CCC(O)(c3cccc(O)c3)CC2)C1. The maximum absolute atomic E-state index is 10.8. The molecule has 1 aliphatic heterocycles. The summed E-state index contributed by atoms with van der Waals surface area (Å²) in [5, 5.41) is 20.3. The maximum atomic E-state index is 10.8. The molecule has 0 unspecified atom stereocenters. The first-order valence-electron chi connectivity index (χ1n) is 7.08. The summed E-state index contributed by atoms with van der Waals surface area (Å²) < 4.78 is 0. The summed E-state index contributed by atoms with van der Waals surface area (Å²) in [6.07, 6.45) is 3.51. The molecule has 1 aliphatic carbocycles. The van der Waals surface area contributed by atoms with Crippen LogP contribution in [0.4, 0.5) is 0 Å². The fraction of sp³-hybridized carbons (Fsp3) is 0.600. The van der Waals surface area contributed by atoms with Crippen LogP contribution in [0.1, 0.15) is 31.2 Å². The second-order valence-corrected chi connectivity index (χ2v) is 6.03. The minimum atomic E-state index is -0.776. The number of hydrogen-bond donors (Lipinski definition) is 3. The highest BCUT2D eigenvalue weighted by molar-refractivity contribution is 5.31. The van der Waals surface area contributed by atoms with Crippen molar-refractivity contribution in [1.82, 2.24) is 4.90 Å². The predicted molar refractivity (Wildman–Crippen MR) is 73.8 cm³/mol. The van der Waals surface area contributed by atoms with Crippen molar-refractivity contribution in [3.05, 3.63) is 29.8 Å². The summed E-state index contributed by atoms with van der Waals surface area (Å²) in [4.78, 5) is 2.42. The van der Waals surface area contributed by atoms with Gasteiger partial charge in [0.05, 0.1) is 5.60 Å². The number of aromatic hydroxyl groups is 1. The first-order valence-corrected chi connectivity index (χ1v) is 7.08. The topological polar surface area (TPSA) is 69.7 Å². The van der Waals surface area contributed by atoms with Gasteiger partial charge in [-0.15, -0.1) is 0 Å². The van der Waals surface area contributed by atoms with Gasteiger partial charge in [0.15, 0.2) is 0 Å². The minimum Gasteiger partial charge on any atom is -0.508 e. The van der Waals surface area contributed by atoms with Gasteiger partial charge in [-0.1, -0.05) is 12.1 Å². The van der Waals surface area contributed by atoms with Gasteiger partial charge >= 0.3 is 0 Å². The fourth-order valence-electron chi connectivity index (χ4n) is 3.38. The van der Waals surface area contributed by atoms with E-state index in [-0.39, 0.29) is 5.75 Å². The van der Waals surface area contributed by atoms with Gasteiger partial charge in [0.1, 0.15) is 5.75 Å². The molecule has 0 aromatic heterocycles. The lowest BCUT2D eigenvalue weighted by molar-refractivity contribution is -0.0377. The number of hydrogen-bond acceptors (Lipinski definition) is 4. The number of phenols is 1. The number of nitrogens with zero attached hydrogens (tertiary/aromatic N) is 1. The molecule has 4 N–H and O–H groups in total. The van der Waals surface area contributed by atoms with Crippen molar-refractivity contribution in [3.63, 3.8) is 0 Å². The van der Waals surface area contributed by atoms with E-state index in [1.165, 1.54) is 0 Å². The van der Waals surface area contributed by atoms with Crippen LogP contribution < -0.4 is 5.73 Å². The van der Waals surface area contributed by atoms with Gasteiger partial charge in [-0.3, -0.25) is 4.90 Å². The van der Waals surface area contributed by atoms with E-state index in [1.54, 1.807) is 18.2 Å². The highest BCUT2D eigenvalue weighted by atomic mass is 16.3. The Kier molecular flexibility index (Phi) is 3.25. The Labute approximate surface area is 113 Å². The molecule has 2 fully saturated rings. The van der Waals surface area contributed by atoms with Crippen LogP contribution in [0.5, 0.6) is 5.75 Å². The molecule has 1 saturated carbocycles. The van der Waals surface area contributed by atoms with Crippen molar-refractivity contribution in [1.29, 1.82) is 0 Å². The Morgan fingerprint density at radius 3 is 2.47 bits per heavy atom. The van der Waals surface area contributed by atoms with Crippen LogP contribution >= 0.6 is 0 Å². The number of rotatable bonds is 2. The van der Waals surface area contributed by atoms with E-state index in [2.05, 4.69) is 4.90 Å². The second kappa shape index (κ2) is 4.78. The Morgan fingerprint density at radius 2 is 1.89 bits per heavy atom. The van der Waals surface area contributed by atoms with Crippen LogP contribution in [-0.2, 0) is 5.60 Å². The molecule has 1 saturated heterocycles. The Hall–Kier alpha value is -1.10. The van der Waals surface area contributed by atoms with Crippen molar-refractivity contribution < 1.29 is 10.2 Å². The highest BCUT2D eigenvalue weighted by Crippen LogP contribution is 2.40. The summed E-state index contributed by atoms with van der Waals surface area (Å²) >= 11 is 0. The van der Waals surface area contributed by atoms with Crippen molar-refractivity contribution in [3.8, 4) is 5.75 Å². The second-order valence-electron chi connectivity index (χ2n) is 6.03. The van der Waals surface area contributed by atoms with Crippen molar-refractivity contribution in [2.75, 3.05) is 13.1 Å². The van der Waals surface area contributed by atoms with Crippen molar-refractivity contribution in [2.24, 2.45) is 5.73 Å². The lowest BCUT2D eigenvalue weighted by Gasteiger charge is -2.47. The van der Waals surface area contributed by atoms with Gasteiger partial charge in [-0.2, -0.15) is 0 Å². The largest absolute Gasteiger partial charge is 0.508 e. The number of aliphatic hydroxyl groups is 1. The van der Waals surface area contributed by atoms with Crippen LogP contribution in [0, 0.1) is 0 Å². The van der Waals surface area contributed by atoms with Crippen molar-refractivity contribution >= 4 is 0 Å². The van der Waals surface area contributed by atoms with Gasteiger partial charge in [0, 0.05) is 25.2 Å². The summed E-state index contributed by atoms with van der Waals surface area (Å²) in [5.41, 5.74) is 5.88. The van der Waals surface area contributed by atoms with Gasteiger partial charge in [0.2, 0.25) is 0 Å². The summed E-state index contributed by atoms with van der Waals surface area (Å²) in [6, 6.07) is 7.92. The Bertz CT molecular complexity index is 449. The van der Waals surface area contributed by atoms with Crippen LogP contribution in [0.3, 0.4) is 0 Å². The molecule has 4 nitrogen and oxygen atoms in total. The van der Waals surface area contributed by atoms with E-state index < -0.39 is 5.60 Å². The molecule has 0 radical (unpaired) electrons. The van der Waals surface area contributed by atoms with Crippen LogP contribution in [0.25, 0.3) is 0 Å². The van der Waals surface area contributed by atoms with E-state index in [0.29, 0.717) is 12.1 Å². The Morgan fingerprint density at radius 1 is 1.21 bits per heavy atom. The van der Waals surface area contributed by atoms with Gasteiger partial charge < -0.3 is 15.9 Å². The molecular weight excluding hydrogens is 240 g/mol. The van der Waals surface area contributed by atoms with E-state index in [0.717, 1.165) is 44.3 Å². The van der Waals surface area contributed by atoms with E-state index >= 15 is 0 Å². The molecule has 3 rings (SSSR count). The molecule has 0 spiro atoms. The molecule has 2 aliphatic rings. The monoisotopic (exact) mass is 262 g/mol. The average Bonchev–Trinajstić information content (AvgIpc) is 2.36. The molecule has 1 aromatic rings. The third kappa shape index (κ3) is 2.48. The molecule has 1 heterocycles. The van der Waals surface area contributed by atoms with E-state index in [4.69, 9.17) is 5.73 Å². The number of phenolic OH excluding ortho intramolecular Hbond substituents is 1. The number of nitrogens with two attached hydrogens (primary N) is 1. The van der Waals surface area contributed by atoms with Crippen molar-refractivity contribution in [2.45, 2.75) is 43.4 Å². The maximum Gasteiger partial charge on any atom is 0.115 e. The van der Waals surface area contributed by atoms with Crippen LogP contribution in [0.15, 0.2) is 24.3 Å². The van der Waals surface area contributed by atoms with E-state index in [9.17, 15) is 10.2 Å². The summed E-state index contributed by atoms with van der Waals surface area (Å²) in [5.74, 6) is 0.224. The lowest BCUT2D eigenvalue weighted by Crippen LogP contribution is -2.60. The average molecular weight is 262 g/mol. The molecule has 0 bridgehead atoms. The normalized spacial score (nSPS) is 33.1. The van der Waals surface area contributed by atoms with Crippen LogP contribution in [-0.4, -0.2) is 40.3 Å². The predicted octanol–water partition coefficient (Wildman–Crippen LogP) is 1.17. The quantitative estimate of drug-likeness (QED) is 0.748. The number of likely N-dealkylation sites (tertiary alicyclic amines) is 1. The highest BCUT2D eigenvalue weighted by Gasteiger charge is 2.39. The summed E-state index contributed by atoms with van der Waals surface area (Å²) in [7, 11) is 0. The van der Waals surface area contributed by atoms with Gasteiger partial charge in [0.25, 0.3) is 0 Å². The molecule has 0 atom stereocenters.